The summed E-state index contributed by atoms with van der Waals surface area (Å²) in [6, 6.07) is 10.3. The molecule has 0 radical (unpaired) electrons. The van der Waals surface area contributed by atoms with Crippen molar-refractivity contribution in [2.75, 3.05) is 44.2 Å². The van der Waals surface area contributed by atoms with Gasteiger partial charge in [0.2, 0.25) is 10.0 Å². The fourth-order valence-corrected chi connectivity index (χ4v) is 4.14. The summed E-state index contributed by atoms with van der Waals surface area (Å²) >= 11 is 0. The standard InChI is InChI=1S/C19H21F4N3O3S/c20-15-1-3-16(4-2-15)26-13-11-25(12-14-26)10-9-24-30(27,28)18-7-5-17(6-8-18)29-19(21,22)23/h1-8,24H,9-14H2. The van der Waals surface area contributed by atoms with Crippen LogP contribution in [0.1, 0.15) is 0 Å². The van der Waals surface area contributed by atoms with Gasteiger partial charge in [0.1, 0.15) is 11.6 Å². The van der Waals surface area contributed by atoms with Crippen LogP contribution in [0.2, 0.25) is 0 Å². The van der Waals surface area contributed by atoms with E-state index in [1.807, 2.05) is 0 Å². The lowest BCUT2D eigenvalue weighted by Crippen LogP contribution is -2.48. The molecule has 2 aromatic carbocycles. The Morgan fingerprint density at radius 3 is 2.10 bits per heavy atom. The number of alkyl halides is 3. The molecule has 0 aliphatic carbocycles. The fraction of sp³-hybridized carbons (Fsp3) is 0.368. The minimum atomic E-state index is -4.83. The molecular formula is C19H21F4N3O3S. The highest BCUT2D eigenvalue weighted by Gasteiger charge is 2.31. The third kappa shape index (κ3) is 6.31. The van der Waals surface area contributed by atoms with Crippen LogP contribution in [-0.4, -0.2) is 58.9 Å². The second kappa shape index (κ2) is 9.19. The second-order valence-corrected chi connectivity index (χ2v) is 8.49. The molecule has 0 aromatic heterocycles. The minimum absolute atomic E-state index is 0.141. The van der Waals surface area contributed by atoms with Crippen molar-refractivity contribution < 1.29 is 30.7 Å². The van der Waals surface area contributed by atoms with Crippen molar-refractivity contribution in [1.82, 2.24) is 9.62 Å². The first-order valence-corrected chi connectivity index (χ1v) is 10.7. The number of rotatable bonds is 7. The first-order valence-electron chi connectivity index (χ1n) is 9.21. The zero-order chi connectivity index (χ0) is 21.8. The van der Waals surface area contributed by atoms with E-state index < -0.39 is 22.1 Å². The number of hydrogen-bond acceptors (Lipinski definition) is 5. The van der Waals surface area contributed by atoms with E-state index in [0.29, 0.717) is 6.54 Å². The maximum absolute atomic E-state index is 13.0. The van der Waals surface area contributed by atoms with E-state index in [1.165, 1.54) is 12.1 Å². The van der Waals surface area contributed by atoms with E-state index in [2.05, 4.69) is 19.3 Å². The predicted octanol–water partition coefficient (Wildman–Crippen LogP) is 2.82. The Bertz CT molecular complexity index is 927. The molecule has 3 rings (SSSR count). The highest BCUT2D eigenvalue weighted by Crippen LogP contribution is 2.24. The van der Waals surface area contributed by atoms with Crippen molar-refractivity contribution in [1.29, 1.82) is 0 Å². The number of hydrogen-bond donors (Lipinski definition) is 1. The molecule has 0 spiro atoms. The van der Waals surface area contributed by atoms with Gasteiger partial charge in [-0.15, -0.1) is 13.2 Å². The lowest BCUT2D eigenvalue weighted by atomic mass is 10.2. The summed E-state index contributed by atoms with van der Waals surface area (Å²) < 4.78 is 80.4. The molecule has 1 heterocycles. The highest BCUT2D eigenvalue weighted by molar-refractivity contribution is 7.89. The van der Waals surface area contributed by atoms with Crippen molar-refractivity contribution in [3.8, 4) is 5.75 Å². The lowest BCUT2D eigenvalue weighted by molar-refractivity contribution is -0.274. The minimum Gasteiger partial charge on any atom is -0.406 e. The summed E-state index contributed by atoms with van der Waals surface area (Å²) in [6.45, 7) is 3.58. The zero-order valence-corrected chi connectivity index (χ0v) is 16.7. The lowest BCUT2D eigenvalue weighted by Gasteiger charge is -2.36. The Hall–Kier alpha value is -2.37. The van der Waals surface area contributed by atoms with Crippen LogP contribution in [0.25, 0.3) is 0 Å². The van der Waals surface area contributed by atoms with Crippen molar-refractivity contribution in [3.63, 3.8) is 0 Å². The summed E-state index contributed by atoms with van der Waals surface area (Å²) in [5.74, 6) is -0.771. The summed E-state index contributed by atoms with van der Waals surface area (Å²) in [7, 11) is -3.84. The van der Waals surface area contributed by atoms with E-state index >= 15 is 0 Å². The molecule has 0 saturated carbocycles. The first-order chi connectivity index (χ1) is 14.1. The van der Waals surface area contributed by atoms with Crippen LogP contribution in [0.5, 0.6) is 5.75 Å². The van der Waals surface area contributed by atoms with Crippen LogP contribution in [0.4, 0.5) is 23.2 Å². The molecule has 1 N–H and O–H groups in total. The molecule has 0 amide bonds. The quantitative estimate of drug-likeness (QED) is 0.662. The van der Waals surface area contributed by atoms with E-state index in [0.717, 1.165) is 56.1 Å². The highest BCUT2D eigenvalue weighted by atomic mass is 32.2. The van der Waals surface area contributed by atoms with Gasteiger partial charge >= 0.3 is 6.36 Å². The average Bonchev–Trinajstić information content (AvgIpc) is 2.68. The van der Waals surface area contributed by atoms with E-state index in [-0.39, 0.29) is 17.3 Å². The van der Waals surface area contributed by atoms with E-state index in [1.54, 1.807) is 12.1 Å². The predicted molar refractivity (Wildman–Crippen MR) is 103 cm³/mol. The third-order valence-electron chi connectivity index (χ3n) is 4.65. The van der Waals surface area contributed by atoms with Crippen LogP contribution in [0.3, 0.4) is 0 Å². The number of benzene rings is 2. The van der Waals surface area contributed by atoms with Crippen molar-refractivity contribution in [3.05, 3.63) is 54.3 Å². The third-order valence-corrected chi connectivity index (χ3v) is 6.13. The number of halogens is 4. The van der Waals surface area contributed by atoms with Crippen LogP contribution >= 0.6 is 0 Å². The molecule has 30 heavy (non-hydrogen) atoms. The largest absolute Gasteiger partial charge is 0.573 e. The van der Waals surface area contributed by atoms with Gasteiger partial charge in [0.15, 0.2) is 0 Å². The second-order valence-electron chi connectivity index (χ2n) is 6.72. The Morgan fingerprint density at radius 1 is 0.933 bits per heavy atom. The van der Waals surface area contributed by atoms with Gasteiger partial charge in [-0.25, -0.2) is 17.5 Å². The Morgan fingerprint density at radius 2 is 1.53 bits per heavy atom. The number of sulfonamides is 1. The maximum Gasteiger partial charge on any atom is 0.573 e. The van der Waals surface area contributed by atoms with Crippen LogP contribution in [-0.2, 0) is 10.0 Å². The normalized spacial score (nSPS) is 15.9. The summed E-state index contributed by atoms with van der Waals surface area (Å²) in [6.07, 6.45) is -4.83. The molecule has 1 saturated heterocycles. The van der Waals surface area contributed by atoms with Gasteiger partial charge in [0.25, 0.3) is 0 Å². The Kier molecular flexibility index (Phi) is 6.84. The van der Waals surface area contributed by atoms with Crippen molar-refractivity contribution in [2.24, 2.45) is 0 Å². The Labute approximate surface area is 172 Å². The first kappa shape index (κ1) is 22.3. The van der Waals surface area contributed by atoms with E-state index in [4.69, 9.17) is 0 Å². The fourth-order valence-electron chi connectivity index (χ4n) is 3.12. The van der Waals surface area contributed by atoms with Gasteiger partial charge in [-0.2, -0.15) is 0 Å². The topological polar surface area (TPSA) is 61.9 Å². The SMILES string of the molecule is O=S(=O)(NCCN1CCN(c2ccc(F)cc2)CC1)c1ccc(OC(F)(F)F)cc1. The molecule has 11 heteroatoms. The van der Waals surface area contributed by atoms with Crippen LogP contribution < -0.4 is 14.4 Å². The molecule has 1 aliphatic heterocycles. The molecule has 0 bridgehead atoms. The number of nitrogens with one attached hydrogen (secondary N) is 1. The Balaban J connectivity index is 1.45. The van der Waals surface area contributed by atoms with Gasteiger partial charge < -0.3 is 9.64 Å². The molecule has 1 aliphatic rings. The number of piperazine rings is 1. The van der Waals surface area contributed by atoms with Gasteiger partial charge in [0, 0.05) is 45.0 Å². The molecule has 1 fully saturated rings. The van der Waals surface area contributed by atoms with Crippen molar-refractivity contribution >= 4 is 15.7 Å². The summed E-state index contributed by atoms with van der Waals surface area (Å²) in [5.41, 5.74) is 0.940. The number of anilines is 1. The van der Waals surface area contributed by atoms with Crippen LogP contribution in [0, 0.1) is 5.82 Å². The van der Waals surface area contributed by atoms with Gasteiger partial charge in [0.05, 0.1) is 4.90 Å². The summed E-state index contributed by atoms with van der Waals surface area (Å²) in [4.78, 5) is 4.09. The number of ether oxygens (including phenoxy) is 1. The molecule has 6 nitrogen and oxygen atoms in total. The molecule has 2 aromatic rings. The monoisotopic (exact) mass is 447 g/mol. The van der Waals surface area contributed by atoms with Gasteiger partial charge in [-0.1, -0.05) is 0 Å². The molecule has 0 unspecified atom stereocenters. The molecular weight excluding hydrogens is 426 g/mol. The number of nitrogens with zero attached hydrogens (tertiary/aromatic N) is 2. The zero-order valence-electron chi connectivity index (χ0n) is 15.9. The molecule has 164 valence electrons. The molecule has 0 atom stereocenters. The average molecular weight is 447 g/mol. The summed E-state index contributed by atoms with van der Waals surface area (Å²) in [5, 5.41) is 0. The maximum atomic E-state index is 13.0. The smallest absolute Gasteiger partial charge is 0.406 e. The van der Waals surface area contributed by atoms with Gasteiger partial charge in [-0.3, -0.25) is 4.90 Å². The van der Waals surface area contributed by atoms with E-state index in [9.17, 15) is 26.0 Å². The van der Waals surface area contributed by atoms with Crippen LogP contribution in [0.15, 0.2) is 53.4 Å². The van der Waals surface area contributed by atoms with Crippen molar-refractivity contribution in [2.45, 2.75) is 11.3 Å². The van der Waals surface area contributed by atoms with Gasteiger partial charge in [-0.05, 0) is 48.5 Å².